The molecule has 0 aromatic carbocycles. The highest BCUT2D eigenvalue weighted by Crippen LogP contribution is 2.14. The molecule has 0 heterocycles. The lowest BCUT2D eigenvalue weighted by Crippen LogP contribution is -2.58. The molecule has 0 spiro atoms. The molecule has 0 aliphatic carbocycles. The predicted octanol–water partition coefficient (Wildman–Crippen LogP) is 3.24. The van der Waals surface area contributed by atoms with Crippen LogP contribution >= 0.6 is 0 Å². The third kappa shape index (κ3) is 11.0. The van der Waals surface area contributed by atoms with E-state index >= 15 is 0 Å². The number of aldehydes is 2. The fourth-order valence-electron chi connectivity index (χ4n) is 2.95. The summed E-state index contributed by atoms with van der Waals surface area (Å²) in [6.07, 6.45) is 16.9. The van der Waals surface area contributed by atoms with Gasteiger partial charge in [-0.2, -0.15) is 0 Å². The largest absolute Gasteiger partial charge is 0.444 e. The first-order valence-corrected chi connectivity index (χ1v) is 10.2. The van der Waals surface area contributed by atoms with Gasteiger partial charge in [0.1, 0.15) is 0 Å². The van der Waals surface area contributed by atoms with Crippen LogP contribution in [0.3, 0.4) is 0 Å². The predicted molar refractivity (Wildman–Crippen MR) is 106 cm³/mol. The lowest BCUT2D eigenvalue weighted by atomic mass is 9.92. The van der Waals surface area contributed by atoms with Crippen LogP contribution < -0.4 is 5.73 Å². The molecular formula is C21H37NO5. The van der Waals surface area contributed by atoms with Gasteiger partial charge in [0.25, 0.3) is 6.47 Å². The van der Waals surface area contributed by atoms with E-state index in [1.54, 1.807) is 6.08 Å². The molecule has 0 saturated heterocycles. The molecule has 0 aliphatic rings. The Kier molecular flexibility index (Phi) is 15.7. The van der Waals surface area contributed by atoms with E-state index in [0.717, 1.165) is 19.3 Å². The molecule has 0 amide bonds. The quantitative estimate of drug-likeness (QED) is 0.153. The zero-order valence-corrected chi connectivity index (χ0v) is 16.7. The Morgan fingerprint density at radius 1 is 0.889 bits per heavy atom. The Labute approximate surface area is 163 Å². The van der Waals surface area contributed by atoms with E-state index in [0.29, 0.717) is 0 Å². The number of nitrogens with two attached hydrogens (primary N) is 1. The van der Waals surface area contributed by atoms with E-state index in [-0.39, 0.29) is 19.0 Å². The van der Waals surface area contributed by atoms with Gasteiger partial charge in [0.2, 0.25) is 5.60 Å². The van der Waals surface area contributed by atoms with Gasteiger partial charge in [-0.25, -0.2) is 0 Å². The van der Waals surface area contributed by atoms with Crippen molar-refractivity contribution < 1.29 is 24.2 Å². The van der Waals surface area contributed by atoms with Crippen LogP contribution in [0.25, 0.3) is 0 Å². The summed E-state index contributed by atoms with van der Waals surface area (Å²) in [6, 6.07) is -1.34. The molecule has 0 aromatic rings. The summed E-state index contributed by atoms with van der Waals surface area (Å²) >= 11 is 0. The van der Waals surface area contributed by atoms with E-state index < -0.39 is 17.7 Å². The van der Waals surface area contributed by atoms with Gasteiger partial charge in [-0.15, -0.1) is 0 Å². The minimum atomic E-state index is -2.15. The molecule has 6 heteroatoms. The van der Waals surface area contributed by atoms with Gasteiger partial charge in [-0.1, -0.05) is 83.3 Å². The van der Waals surface area contributed by atoms with Gasteiger partial charge >= 0.3 is 0 Å². The molecule has 0 radical (unpaired) electrons. The average Bonchev–Trinajstić information content (AvgIpc) is 2.69. The monoisotopic (exact) mass is 383 g/mol. The Hall–Kier alpha value is -1.53. The number of ether oxygens (including phenoxy) is 1. The first-order valence-electron chi connectivity index (χ1n) is 10.2. The maximum Gasteiger partial charge on any atom is 0.294 e. The van der Waals surface area contributed by atoms with Crippen molar-refractivity contribution in [2.24, 2.45) is 5.73 Å². The summed E-state index contributed by atoms with van der Waals surface area (Å²) in [5.74, 6) is 0. The topological polar surface area (TPSA) is 107 Å². The molecule has 0 aromatic heterocycles. The van der Waals surface area contributed by atoms with Gasteiger partial charge in [-0.05, 0) is 12.8 Å². The van der Waals surface area contributed by atoms with Gasteiger partial charge < -0.3 is 15.6 Å². The van der Waals surface area contributed by atoms with Crippen molar-refractivity contribution in [1.29, 1.82) is 0 Å². The van der Waals surface area contributed by atoms with Crippen LogP contribution in [0, 0.1) is 0 Å². The number of allylic oxidation sites excluding steroid dienone is 1. The van der Waals surface area contributed by atoms with Crippen molar-refractivity contribution in [2.75, 3.05) is 0 Å². The Morgan fingerprint density at radius 3 is 1.81 bits per heavy atom. The average molecular weight is 384 g/mol. The third-order valence-corrected chi connectivity index (χ3v) is 4.82. The molecule has 0 saturated carbocycles. The fraction of sp³-hybridized carbons (Fsp3) is 0.762. The van der Waals surface area contributed by atoms with Crippen molar-refractivity contribution in [1.82, 2.24) is 0 Å². The Bertz CT molecular complexity index is 417. The second-order valence-corrected chi connectivity index (χ2v) is 7.07. The molecule has 2 atom stereocenters. The van der Waals surface area contributed by atoms with E-state index in [2.05, 4.69) is 11.7 Å². The molecule has 156 valence electrons. The standard InChI is InChI=1S/C21H37NO5/c1-2-3-4-5-6-7-8-9-10-11-12-13-14-15-19(26)20(22)21(16-23,17-24)27-18-25/h14-20,26H,2-13,22H2,1H3/b15-14+. The van der Waals surface area contributed by atoms with Crippen LogP contribution in [0.15, 0.2) is 12.2 Å². The molecule has 6 nitrogen and oxygen atoms in total. The molecule has 2 unspecified atom stereocenters. The van der Waals surface area contributed by atoms with E-state index in [1.807, 2.05) is 0 Å². The highest BCUT2D eigenvalue weighted by Gasteiger charge is 2.42. The number of hydrogen-bond donors (Lipinski definition) is 2. The first-order chi connectivity index (χ1) is 13.1. The van der Waals surface area contributed by atoms with Gasteiger partial charge in [0.05, 0.1) is 12.1 Å². The molecule has 0 aliphatic heterocycles. The number of aliphatic hydroxyl groups excluding tert-OH is 1. The molecule has 0 rings (SSSR count). The van der Waals surface area contributed by atoms with Gasteiger partial charge in [0, 0.05) is 0 Å². The zero-order valence-electron chi connectivity index (χ0n) is 16.7. The molecule has 27 heavy (non-hydrogen) atoms. The Morgan fingerprint density at radius 2 is 1.37 bits per heavy atom. The summed E-state index contributed by atoms with van der Waals surface area (Å²) in [5, 5.41) is 9.99. The Balaban J connectivity index is 3.85. The van der Waals surface area contributed by atoms with Crippen molar-refractivity contribution in [2.45, 2.75) is 102 Å². The number of hydrogen-bond acceptors (Lipinski definition) is 6. The van der Waals surface area contributed by atoms with E-state index in [4.69, 9.17) is 5.73 Å². The smallest absolute Gasteiger partial charge is 0.294 e. The van der Waals surface area contributed by atoms with E-state index in [1.165, 1.54) is 63.9 Å². The summed E-state index contributed by atoms with van der Waals surface area (Å²) in [6.45, 7) is 2.21. The number of carbonyl (C=O) groups excluding carboxylic acids is 3. The fourth-order valence-corrected chi connectivity index (χ4v) is 2.95. The normalized spacial score (nSPS) is 14.0. The number of unbranched alkanes of at least 4 members (excludes halogenated alkanes) is 11. The summed E-state index contributed by atoms with van der Waals surface area (Å²) in [5.41, 5.74) is 3.55. The molecular weight excluding hydrogens is 346 g/mol. The van der Waals surface area contributed by atoms with Crippen molar-refractivity contribution in [3.05, 3.63) is 12.2 Å². The van der Waals surface area contributed by atoms with Crippen LogP contribution in [0.4, 0.5) is 0 Å². The zero-order chi connectivity index (χ0) is 20.4. The van der Waals surface area contributed by atoms with Crippen LogP contribution in [-0.2, 0) is 19.1 Å². The van der Waals surface area contributed by atoms with Crippen LogP contribution in [0.2, 0.25) is 0 Å². The second-order valence-electron chi connectivity index (χ2n) is 7.07. The first kappa shape index (κ1) is 25.5. The highest BCUT2D eigenvalue weighted by molar-refractivity contribution is 5.90. The summed E-state index contributed by atoms with van der Waals surface area (Å²) in [7, 11) is 0. The van der Waals surface area contributed by atoms with Gasteiger partial charge in [0.15, 0.2) is 12.6 Å². The SMILES string of the molecule is CCCCCCCCCCCCC/C=C/C(O)C(N)C(C=O)(C=O)OC=O. The third-order valence-electron chi connectivity index (χ3n) is 4.82. The van der Waals surface area contributed by atoms with E-state index in [9.17, 15) is 19.5 Å². The maximum absolute atomic E-state index is 11.1. The number of carbonyl (C=O) groups is 3. The molecule has 3 N–H and O–H groups in total. The minimum Gasteiger partial charge on any atom is -0.444 e. The number of aliphatic hydroxyl groups is 1. The highest BCUT2D eigenvalue weighted by atomic mass is 16.5. The van der Waals surface area contributed by atoms with Crippen molar-refractivity contribution in [3.8, 4) is 0 Å². The second kappa shape index (κ2) is 16.6. The minimum absolute atomic E-state index is 0.0235. The summed E-state index contributed by atoms with van der Waals surface area (Å²) < 4.78 is 4.49. The lowest BCUT2D eigenvalue weighted by molar-refractivity contribution is -0.158. The summed E-state index contributed by atoms with van der Waals surface area (Å²) in [4.78, 5) is 32.6. The van der Waals surface area contributed by atoms with Crippen molar-refractivity contribution in [3.63, 3.8) is 0 Å². The number of rotatable bonds is 19. The lowest BCUT2D eigenvalue weighted by Gasteiger charge is -2.28. The van der Waals surface area contributed by atoms with Crippen LogP contribution in [0.5, 0.6) is 0 Å². The molecule has 0 bridgehead atoms. The van der Waals surface area contributed by atoms with Gasteiger partial charge in [-0.3, -0.25) is 14.4 Å². The van der Waals surface area contributed by atoms with Crippen molar-refractivity contribution >= 4 is 19.0 Å². The van der Waals surface area contributed by atoms with Crippen LogP contribution in [-0.4, -0.2) is 41.9 Å². The van der Waals surface area contributed by atoms with Crippen LogP contribution in [0.1, 0.15) is 84.0 Å². The molecule has 0 fully saturated rings. The maximum atomic E-state index is 11.1.